The van der Waals surface area contributed by atoms with Gasteiger partial charge in [-0.25, -0.2) is 17.5 Å². The van der Waals surface area contributed by atoms with E-state index in [0.29, 0.717) is 17.7 Å². The number of sulfonamides is 1. The fraction of sp³-hybridized carbons (Fsp3) is 0.286. The van der Waals surface area contributed by atoms with Crippen molar-refractivity contribution in [1.82, 2.24) is 4.72 Å². The highest BCUT2D eigenvalue weighted by Gasteiger charge is 2.21. The van der Waals surface area contributed by atoms with Crippen LogP contribution in [0.25, 0.3) is 0 Å². The Morgan fingerprint density at radius 3 is 2.76 bits per heavy atom. The van der Waals surface area contributed by atoms with Gasteiger partial charge in [0.2, 0.25) is 10.0 Å². The van der Waals surface area contributed by atoms with Crippen molar-refractivity contribution < 1.29 is 17.2 Å². The third-order valence-corrected chi connectivity index (χ3v) is 4.76. The van der Waals surface area contributed by atoms with Crippen molar-refractivity contribution in [2.75, 3.05) is 5.73 Å². The zero-order valence-electron chi connectivity index (χ0n) is 11.8. The van der Waals surface area contributed by atoms with Crippen LogP contribution in [0, 0.1) is 12.7 Å². The van der Waals surface area contributed by atoms with Gasteiger partial charge in [0.25, 0.3) is 0 Å². The summed E-state index contributed by atoms with van der Waals surface area (Å²) in [5.74, 6) is 0.0515. The van der Waals surface area contributed by atoms with Gasteiger partial charge in [0, 0.05) is 12.5 Å². The van der Waals surface area contributed by atoms with Gasteiger partial charge in [0.05, 0.1) is 16.8 Å². The smallest absolute Gasteiger partial charge is 0.241 e. The molecule has 21 heavy (non-hydrogen) atoms. The maximum Gasteiger partial charge on any atom is 0.241 e. The molecule has 0 saturated carbocycles. The SMILES string of the molecule is Cc1cc(F)c(N)cc1S(=O)(=O)NC(C)Cc1ccco1. The minimum Gasteiger partial charge on any atom is -0.469 e. The number of nitrogen functional groups attached to an aromatic ring is 1. The van der Waals surface area contributed by atoms with Crippen LogP contribution >= 0.6 is 0 Å². The van der Waals surface area contributed by atoms with E-state index < -0.39 is 15.8 Å². The summed E-state index contributed by atoms with van der Waals surface area (Å²) in [4.78, 5) is -0.0207. The van der Waals surface area contributed by atoms with Gasteiger partial charge in [-0.15, -0.1) is 0 Å². The topological polar surface area (TPSA) is 85.3 Å². The number of halogens is 1. The van der Waals surface area contributed by atoms with Crippen LogP contribution < -0.4 is 10.5 Å². The molecule has 1 atom stereocenters. The molecule has 1 aromatic heterocycles. The predicted octanol–water partition coefficient (Wildman–Crippen LogP) is 2.22. The monoisotopic (exact) mass is 312 g/mol. The Hall–Kier alpha value is -1.86. The third kappa shape index (κ3) is 3.62. The van der Waals surface area contributed by atoms with Gasteiger partial charge in [-0.1, -0.05) is 0 Å². The summed E-state index contributed by atoms with van der Waals surface area (Å²) in [6.07, 6.45) is 1.95. The summed E-state index contributed by atoms with van der Waals surface area (Å²) in [7, 11) is -3.77. The molecule has 2 aromatic rings. The number of aryl methyl sites for hydroxylation is 1. The van der Waals surface area contributed by atoms with Crippen molar-refractivity contribution in [1.29, 1.82) is 0 Å². The van der Waals surface area contributed by atoms with Gasteiger partial charge in [-0.2, -0.15) is 0 Å². The molecule has 2 rings (SSSR count). The summed E-state index contributed by atoms with van der Waals surface area (Å²) in [5, 5.41) is 0. The Morgan fingerprint density at radius 2 is 2.14 bits per heavy atom. The van der Waals surface area contributed by atoms with E-state index in [9.17, 15) is 12.8 Å². The number of benzene rings is 1. The zero-order valence-corrected chi connectivity index (χ0v) is 12.6. The van der Waals surface area contributed by atoms with E-state index in [1.54, 1.807) is 19.1 Å². The Morgan fingerprint density at radius 1 is 1.43 bits per heavy atom. The number of nitrogens with one attached hydrogen (secondary N) is 1. The van der Waals surface area contributed by atoms with E-state index in [-0.39, 0.29) is 16.6 Å². The first kappa shape index (κ1) is 15.5. The van der Waals surface area contributed by atoms with Crippen LogP contribution in [0.3, 0.4) is 0 Å². The predicted molar refractivity (Wildman–Crippen MR) is 77.7 cm³/mol. The number of anilines is 1. The molecule has 1 unspecified atom stereocenters. The van der Waals surface area contributed by atoms with Crippen LogP contribution in [0.15, 0.2) is 39.8 Å². The van der Waals surface area contributed by atoms with Crippen LogP contribution in [0.1, 0.15) is 18.2 Å². The molecule has 0 saturated heterocycles. The van der Waals surface area contributed by atoms with Crippen molar-refractivity contribution in [2.24, 2.45) is 0 Å². The van der Waals surface area contributed by atoms with Crippen molar-refractivity contribution >= 4 is 15.7 Å². The Bertz CT molecular complexity index is 727. The van der Waals surface area contributed by atoms with E-state index in [0.717, 1.165) is 12.1 Å². The molecular formula is C14H17FN2O3S. The van der Waals surface area contributed by atoms with E-state index >= 15 is 0 Å². The lowest BCUT2D eigenvalue weighted by Gasteiger charge is -2.15. The van der Waals surface area contributed by atoms with Crippen molar-refractivity contribution in [3.63, 3.8) is 0 Å². The lowest BCUT2D eigenvalue weighted by molar-refractivity contribution is 0.479. The maximum atomic E-state index is 13.3. The van der Waals surface area contributed by atoms with Crippen LogP contribution in [0.5, 0.6) is 0 Å². The molecule has 0 fully saturated rings. The molecule has 0 spiro atoms. The summed E-state index contributed by atoms with van der Waals surface area (Å²) < 4.78 is 45.7. The first-order valence-corrected chi connectivity index (χ1v) is 7.88. The van der Waals surface area contributed by atoms with Gasteiger partial charge < -0.3 is 10.2 Å². The fourth-order valence-electron chi connectivity index (χ4n) is 2.06. The number of hydrogen-bond acceptors (Lipinski definition) is 4. The molecule has 0 amide bonds. The van der Waals surface area contributed by atoms with Crippen molar-refractivity contribution in [3.8, 4) is 0 Å². The minimum absolute atomic E-state index is 0.0207. The molecule has 0 aliphatic carbocycles. The molecule has 5 nitrogen and oxygen atoms in total. The van der Waals surface area contributed by atoms with E-state index in [4.69, 9.17) is 10.2 Å². The van der Waals surface area contributed by atoms with Crippen LogP contribution in [0.2, 0.25) is 0 Å². The van der Waals surface area contributed by atoms with Crippen LogP contribution in [-0.4, -0.2) is 14.5 Å². The lowest BCUT2D eigenvalue weighted by atomic mass is 10.2. The second kappa shape index (κ2) is 5.87. The van der Waals surface area contributed by atoms with Crippen LogP contribution in [-0.2, 0) is 16.4 Å². The number of nitrogens with two attached hydrogens (primary N) is 1. The first-order chi connectivity index (χ1) is 9.79. The fourth-order valence-corrected chi connectivity index (χ4v) is 3.56. The molecule has 7 heteroatoms. The van der Waals surface area contributed by atoms with Crippen molar-refractivity contribution in [3.05, 3.63) is 47.7 Å². The summed E-state index contributed by atoms with van der Waals surface area (Å²) >= 11 is 0. The minimum atomic E-state index is -3.77. The summed E-state index contributed by atoms with van der Waals surface area (Å²) in [6, 6.07) is 5.38. The first-order valence-electron chi connectivity index (χ1n) is 6.40. The lowest BCUT2D eigenvalue weighted by Crippen LogP contribution is -2.34. The second-order valence-electron chi connectivity index (χ2n) is 4.95. The highest BCUT2D eigenvalue weighted by Crippen LogP contribution is 2.22. The summed E-state index contributed by atoms with van der Waals surface area (Å²) in [6.45, 7) is 3.25. The summed E-state index contributed by atoms with van der Waals surface area (Å²) in [5.41, 5.74) is 5.55. The normalized spacial score (nSPS) is 13.3. The van der Waals surface area contributed by atoms with Gasteiger partial charge in [-0.05, 0) is 43.7 Å². The Balaban J connectivity index is 2.20. The third-order valence-electron chi connectivity index (χ3n) is 3.03. The van der Waals surface area contributed by atoms with Gasteiger partial charge in [0.15, 0.2) is 0 Å². The maximum absolute atomic E-state index is 13.3. The van der Waals surface area contributed by atoms with E-state index in [1.165, 1.54) is 13.2 Å². The number of rotatable bonds is 5. The highest BCUT2D eigenvalue weighted by molar-refractivity contribution is 7.89. The average molecular weight is 312 g/mol. The number of hydrogen-bond donors (Lipinski definition) is 2. The molecule has 0 aliphatic rings. The molecule has 114 valence electrons. The molecule has 3 N–H and O–H groups in total. The van der Waals surface area contributed by atoms with Gasteiger partial charge >= 0.3 is 0 Å². The van der Waals surface area contributed by atoms with Crippen molar-refractivity contribution in [2.45, 2.75) is 31.2 Å². The Labute approximate surface area is 123 Å². The van der Waals surface area contributed by atoms with E-state index in [1.807, 2.05) is 0 Å². The average Bonchev–Trinajstić information content (AvgIpc) is 2.85. The molecule has 1 aromatic carbocycles. The standard InChI is InChI=1S/C14H17FN2O3S/c1-9-6-12(15)13(16)8-14(9)21(18,19)17-10(2)7-11-4-3-5-20-11/h3-6,8,10,17H,7,16H2,1-2H3. The van der Waals surface area contributed by atoms with Gasteiger partial charge in [-0.3, -0.25) is 0 Å². The molecule has 0 radical (unpaired) electrons. The largest absolute Gasteiger partial charge is 0.469 e. The molecule has 1 heterocycles. The molecule has 0 bridgehead atoms. The van der Waals surface area contributed by atoms with E-state index in [2.05, 4.69) is 4.72 Å². The van der Waals surface area contributed by atoms with Crippen LogP contribution in [0.4, 0.5) is 10.1 Å². The molecule has 0 aliphatic heterocycles. The second-order valence-corrected chi connectivity index (χ2v) is 6.63. The Kier molecular flexibility index (Phi) is 4.34. The number of furan rings is 1. The zero-order chi connectivity index (χ0) is 15.6. The molecular weight excluding hydrogens is 295 g/mol. The quantitative estimate of drug-likeness (QED) is 0.829. The highest BCUT2D eigenvalue weighted by atomic mass is 32.2. The van der Waals surface area contributed by atoms with Gasteiger partial charge in [0.1, 0.15) is 11.6 Å².